The van der Waals surface area contributed by atoms with E-state index in [1.54, 1.807) is 31.0 Å². The lowest BCUT2D eigenvalue weighted by molar-refractivity contribution is 0.0932. The molecule has 0 atom stereocenters. The van der Waals surface area contributed by atoms with E-state index in [0.29, 0.717) is 29.4 Å². The van der Waals surface area contributed by atoms with Gasteiger partial charge in [-0.1, -0.05) is 0 Å². The molecule has 0 saturated carbocycles. The molecule has 0 aliphatic heterocycles. The minimum Gasteiger partial charge on any atom is -0.497 e. The lowest BCUT2D eigenvalue weighted by atomic mass is 10.1. The van der Waals surface area contributed by atoms with Gasteiger partial charge in [0, 0.05) is 24.2 Å². The first-order valence-electron chi connectivity index (χ1n) is 7.61. The van der Waals surface area contributed by atoms with E-state index in [-0.39, 0.29) is 11.9 Å². The fourth-order valence-electron chi connectivity index (χ4n) is 2.32. The summed E-state index contributed by atoms with van der Waals surface area (Å²) in [7, 11) is 3.20. The predicted octanol–water partition coefficient (Wildman–Crippen LogP) is 2.73. The van der Waals surface area contributed by atoms with E-state index in [1.165, 1.54) is 0 Å². The molecule has 0 unspecified atom stereocenters. The number of ether oxygens (including phenoxy) is 2. The Morgan fingerprint density at radius 1 is 1.26 bits per heavy atom. The van der Waals surface area contributed by atoms with Crippen molar-refractivity contribution >= 4 is 5.91 Å². The standard InChI is InChI=1S/C17H23N3O3/c1-6-20-15(17(21)18-11(2)3)10-14(19-20)13-8-7-12(22-4)9-16(13)23-5/h7-11H,6H2,1-5H3,(H,18,21). The van der Waals surface area contributed by atoms with Crippen molar-refractivity contribution in [1.29, 1.82) is 0 Å². The number of benzene rings is 1. The van der Waals surface area contributed by atoms with Gasteiger partial charge in [0.15, 0.2) is 0 Å². The van der Waals surface area contributed by atoms with Crippen molar-refractivity contribution in [3.05, 3.63) is 30.0 Å². The smallest absolute Gasteiger partial charge is 0.269 e. The first-order valence-corrected chi connectivity index (χ1v) is 7.61. The maximum absolute atomic E-state index is 12.3. The Kier molecular flexibility index (Phi) is 5.26. The summed E-state index contributed by atoms with van der Waals surface area (Å²) in [5.41, 5.74) is 2.05. The number of amides is 1. The van der Waals surface area contributed by atoms with Crippen molar-refractivity contribution in [1.82, 2.24) is 15.1 Å². The maximum atomic E-state index is 12.3. The molecule has 0 aliphatic rings. The molecule has 6 nitrogen and oxygen atoms in total. The van der Waals surface area contributed by atoms with Gasteiger partial charge in [-0.2, -0.15) is 5.10 Å². The van der Waals surface area contributed by atoms with Gasteiger partial charge in [0.2, 0.25) is 0 Å². The van der Waals surface area contributed by atoms with Crippen LogP contribution in [0.4, 0.5) is 0 Å². The molecular formula is C17H23N3O3. The fourth-order valence-corrected chi connectivity index (χ4v) is 2.32. The van der Waals surface area contributed by atoms with E-state index >= 15 is 0 Å². The number of nitrogens with one attached hydrogen (secondary N) is 1. The van der Waals surface area contributed by atoms with Crippen molar-refractivity contribution in [2.24, 2.45) is 0 Å². The number of carbonyl (C=O) groups excluding carboxylic acids is 1. The second-order valence-electron chi connectivity index (χ2n) is 5.42. The maximum Gasteiger partial charge on any atom is 0.269 e. The molecule has 0 radical (unpaired) electrons. The number of carbonyl (C=O) groups is 1. The van der Waals surface area contributed by atoms with Crippen molar-refractivity contribution in [3.63, 3.8) is 0 Å². The van der Waals surface area contributed by atoms with Gasteiger partial charge in [0.1, 0.15) is 17.2 Å². The van der Waals surface area contributed by atoms with E-state index < -0.39 is 0 Å². The van der Waals surface area contributed by atoms with Gasteiger partial charge in [-0.25, -0.2) is 0 Å². The Hall–Kier alpha value is -2.50. The van der Waals surface area contributed by atoms with Crippen LogP contribution in [0.15, 0.2) is 24.3 Å². The lowest BCUT2D eigenvalue weighted by Gasteiger charge is -2.08. The summed E-state index contributed by atoms with van der Waals surface area (Å²) in [5.74, 6) is 1.23. The normalized spacial score (nSPS) is 10.7. The van der Waals surface area contributed by atoms with Crippen LogP contribution in [0.5, 0.6) is 11.5 Å². The largest absolute Gasteiger partial charge is 0.497 e. The van der Waals surface area contributed by atoms with Crippen molar-refractivity contribution < 1.29 is 14.3 Å². The second-order valence-corrected chi connectivity index (χ2v) is 5.42. The first kappa shape index (κ1) is 16.9. The molecule has 0 fully saturated rings. The number of hydrogen-bond donors (Lipinski definition) is 1. The zero-order chi connectivity index (χ0) is 17.0. The third-order valence-electron chi connectivity index (χ3n) is 3.42. The van der Waals surface area contributed by atoms with Crippen LogP contribution in [-0.2, 0) is 6.54 Å². The molecule has 1 heterocycles. The Balaban J connectivity index is 2.45. The van der Waals surface area contributed by atoms with E-state index in [9.17, 15) is 4.79 Å². The third kappa shape index (κ3) is 3.64. The molecule has 0 aliphatic carbocycles. The van der Waals surface area contributed by atoms with Crippen LogP contribution in [0.25, 0.3) is 11.3 Å². The van der Waals surface area contributed by atoms with E-state index in [1.807, 2.05) is 32.9 Å². The van der Waals surface area contributed by atoms with E-state index in [0.717, 1.165) is 5.56 Å². The number of aryl methyl sites for hydroxylation is 1. The summed E-state index contributed by atoms with van der Waals surface area (Å²) in [4.78, 5) is 12.3. The SMILES string of the molecule is CCn1nc(-c2ccc(OC)cc2OC)cc1C(=O)NC(C)C. The monoisotopic (exact) mass is 317 g/mol. The van der Waals surface area contributed by atoms with Crippen LogP contribution >= 0.6 is 0 Å². The van der Waals surface area contributed by atoms with Crippen LogP contribution in [0, 0.1) is 0 Å². The Labute approximate surface area is 136 Å². The summed E-state index contributed by atoms with van der Waals surface area (Å²) in [6.07, 6.45) is 0. The minimum absolute atomic E-state index is 0.0710. The third-order valence-corrected chi connectivity index (χ3v) is 3.42. The molecular weight excluding hydrogens is 294 g/mol. The minimum atomic E-state index is -0.131. The highest BCUT2D eigenvalue weighted by Gasteiger charge is 2.18. The van der Waals surface area contributed by atoms with Gasteiger partial charge in [0.05, 0.1) is 19.9 Å². The van der Waals surface area contributed by atoms with Crippen molar-refractivity contribution in [2.45, 2.75) is 33.4 Å². The number of nitrogens with zero attached hydrogens (tertiary/aromatic N) is 2. The number of hydrogen-bond acceptors (Lipinski definition) is 4. The highest BCUT2D eigenvalue weighted by atomic mass is 16.5. The fraction of sp³-hybridized carbons (Fsp3) is 0.412. The molecule has 1 aromatic carbocycles. The molecule has 0 spiro atoms. The molecule has 6 heteroatoms. The van der Waals surface area contributed by atoms with Gasteiger partial charge in [-0.05, 0) is 39.0 Å². The first-order chi connectivity index (χ1) is 11.0. The van der Waals surface area contributed by atoms with E-state index in [2.05, 4.69) is 10.4 Å². The average molecular weight is 317 g/mol. The zero-order valence-corrected chi connectivity index (χ0v) is 14.2. The summed E-state index contributed by atoms with van der Waals surface area (Å²) in [6, 6.07) is 7.38. The second kappa shape index (κ2) is 7.17. The topological polar surface area (TPSA) is 65.4 Å². The molecule has 0 saturated heterocycles. The highest BCUT2D eigenvalue weighted by Crippen LogP contribution is 2.32. The van der Waals surface area contributed by atoms with Gasteiger partial charge in [0.25, 0.3) is 5.91 Å². The van der Waals surface area contributed by atoms with Crippen LogP contribution in [-0.4, -0.2) is 35.9 Å². The molecule has 1 N–H and O–H groups in total. The molecule has 1 aromatic heterocycles. The summed E-state index contributed by atoms with van der Waals surface area (Å²) >= 11 is 0. The van der Waals surface area contributed by atoms with Crippen LogP contribution in [0.2, 0.25) is 0 Å². The number of aromatic nitrogens is 2. The van der Waals surface area contributed by atoms with Crippen LogP contribution < -0.4 is 14.8 Å². The summed E-state index contributed by atoms with van der Waals surface area (Å²) in [5, 5.41) is 7.42. The molecule has 23 heavy (non-hydrogen) atoms. The lowest BCUT2D eigenvalue weighted by Crippen LogP contribution is -2.31. The Morgan fingerprint density at radius 2 is 2.00 bits per heavy atom. The van der Waals surface area contributed by atoms with Crippen LogP contribution in [0.1, 0.15) is 31.3 Å². The van der Waals surface area contributed by atoms with Gasteiger partial charge < -0.3 is 14.8 Å². The molecule has 124 valence electrons. The van der Waals surface area contributed by atoms with Crippen molar-refractivity contribution in [2.75, 3.05) is 14.2 Å². The number of rotatable bonds is 6. The molecule has 2 aromatic rings. The van der Waals surface area contributed by atoms with E-state index in [4.69, 9.17) is 9.47 Å². The summed E-state index contributed by atoms with van der Waals surface area (Å²) < 4.78 is 12.3. The predicted molar refractivity (Wildman–Crippen MR) is 89.0 cm³/mol. The summed E-state index contributed by atoms with van der Waals surface area (Å²) in [6.45, 7) is 6.42. The quantitative estimate of drug-likeness (QED) is 0.889. The molecule has 2 rings (SSSR count). The van der Waals surface area contributed by atoms with Crippen molar-refractivity contribution in [3.8, 4) is 22.8 Å². The average Bonchev–Trinajstić information content (AvgIpc) is 2.97. The van der Waals surface area contributed by atoms with Gasteiger partial charge in [-0.3, -0.25) is 9.48 Å². The van der Waals surface area contributed by atoms with Gasteiger partial charge >= 0.3 is 0 Å². The number of methoxy groups -OCH3 is 2. The van der Waals surface area contributed by atoms with Crippen LogP contribution in [0.3, 0.4) is 0 Å². The zero-order valence-electron chi connectivity index (χ0n) is 14.2. The molecule has 1 amide bonds. The van der Waals surface area contributed by atoms with Gasteiger partial charge in [-0.15, -0.1) is 0 Å². The Morgan fingerprint density at radius 3 is 2.57 bits per heavy atom. The highest BCUT2D eigenvalue weighted by molar-refractivity contribution is 5.94. The Bertz CT molecular complexity index is 692. The molecule has 0 bridgehead atoms.